The summed E-state index contributed by atoms with van der Waals surface area (Å²) in [7, 11) is 0. The van der Waals surface area contributed by atoms with Crippen LogP contribution in [0.5, 0.6) is 0 Å². The second kappa shape index (κ2) is 4.23. The minimum Gasteiger partial charge on any atom is -0.338 e. The van der Waals surface area contributed by atoms with Gasteiger partial charge in [0, 0.05) is 19.1 Å². The fraction of sp³-hybridized carbons (Fsp3) is 0.625. The van der Waals surface area contributed by atoms with Crippen LogP contribution >= 0.6 is 0 Å². The zero-order chi connectivity index (χ0) is 8.97. The van der Waals surface area contributed by atoms with Gasteiger partial charge in [0.15, 0.2) is 0 Å². The summed E-state index contributed by atoms with van der Waals surface area (Å²) in [5, 5.41) is 0. The smallest absolute Gasteiger partial charge is 0.246 e. The molecular formula is C8H15N3O. The molecule has 1 heterocycles. The van der Waals surface area contributed by atoms with Gasteiger partial charge in [-0.05, 0) is 18.9 Å². The van der Waals surface area contributed by atoms with Crippen LogP contribution in [0, 0.1) is 0 Å². The molecule has 1 aliphatic heterocycles. The maximum absolute atomic E-state index is 11.2. The van der Waals surface area contributed by atoms with Crippen molar-refractivity contribution < 1.29 is 4.79 Å². The average molecular weight is 169 g/mol. The van der Waals surface area contributed by atoms with Gasteiger partial charge in [0.25, 0.3) is 0 Å². The van der Waals surface area contributed by atoms with E-state index in [-0.39, 0.29) is 11.9 Å². The Hall–Kier alpha value is -0.870. The molecule has 4 heteroatoms. The van der Waals surface area contributed by atoms with Gasteiger partial charge in [0.2, 0.25) is 5.91 Å². The van der Waals surface area contributed by atoms with Crippen molar-refractivity contribution >= 4 is 5.91 Å². The fourth-order valence-electron chi connectivity index (χ4n) is 1.44. The number of amides is 1. The molecule has 1 aliphatic rings. The van der Waals surface area contributed by atoms with Gasteiger partial charge in [-0.25, -0.2) is 0 Å². The molecule has 0 bridgehead atoms. The quantitative estimate of drug-likeness (QED) is 0.337. The van der Waals surface area contributed by atoms with Crippen molar-refractivity contribution in [2.24, 2.45) is 5.84 Å². The molecule has 1 saturated heterocycles. The Morgan fingerprint density at radius 2 is 2.50 bits per heavy atom. The van der Waals surface area contributed by atoms with Gasteiger partial charge in [-0.2, -0.15) is 0 Å². The summed E-state index contributed by atoms with van der Waals surface area (Å²) in [5.41, 5.74) is 2.68. The fourth-order valence-corrected chi connectivity index (χ4v) is 1.44. The van der Waals surface area contributed by atoms with Crippen molar-refractivity contribution in [3.05, 3.63) is 12.7 Å². The molecule has 0 radical (unpaired) electrons. The van der Waals surface area contributed by atoms with Gasteiger partial charge < -0.3 is 4.90 Å². The van der Waals surface area contributed by atoms with E-state index >= 15 is 0 Å². The molecule has 0 unspecified atom stereocenters. The van der Waals surface area contributed by atoms with E-state index in [1.165, 1.54) is 6.08 Å². The summed E-state index contributed by atoms with van der Waals surface area (Å²) in [5.74, 6) is 5.29. The van der Waals surface area contributed by atoms with Gasteiger partial charge >= 0.3 is 0 Å². The highest BCUT2D eigenvalue weighted by Gasteiger charge is 2.20. The minimum atomic E-state index is -0.00468. The monoisotopic (exact) mass is 169 g/mol. The lowest BCUT2D eigenvalue weighted by Crippen LogP contribution is -2.49. The molecular weight excluding hydrogens is 154 g/mol. The first-order chi connectivity index (χ1) is 5.77. The van der Waals surface area contributed by atoms with Crippen molar-refractivity contribution in [3.63, 3.8) is 0 Å². The predicted molar refractivity (Wildman–Crippen MR) is 47.1 cm³/mol. The lowest BCUT2D eigenvalue weighted by Gasteiger charge is -2.31. The summed E-state index contributed by atoms with van der Waals surface area (Å²) in [4.78, 5) is 12.9. The number of nitrogens with zero attached hydrogens (tertiary/aromatic N) is 1. The molecule has 12 heavy (non-hydrogen) atoms. The normalized spacial score (nSPS) is 23.8. The Morgan fingerprint density at radius 3 is 3.08 bits per heavy atom. The Morgan fingerprint density at radius 1 is 1.75 bits per heavy atom. The van der Waals surface area contributed by atoms with Crippen molar-refractivity contribution in [1.29, 1.82) is 0 Å². The predicted octanol–water partition coefficient (Wildman–Crippen LogP) is -0.373. The van der Waals surface area contributed by atoms with E-state index in [1.807, 2.05) is 0 Å². The molecule has 0 spiro atoms. The highest BCUT2D eigenvalue weighted by Crippen LogP contribution is 2.09. The van der Waals surface area contributed by atoms with E-state index < -0.39 is 0 Å². The van der Waals surface area contributed by atoms with Crippen molar-refractivity contribution in [1.82, 2.24) is 10.3 Å². The summed E-state index contributed by atoms with van der Waals surface area (Å²) in [6.45, 7) is 4.96. The maximum atomic E-state index is 11.2. The van der Waals surface area contributed by atoms with Crippen molar-refractivity contribution in [2.45, 2.75) is 18.9 Å². The highest BCUT2D eigenvalue weighted by molar-refractivity contribution is 5.87. The number of hydrogen-bond donors (Lipinski definition) is 2. The molecule has 0 saturated carbocycles. The van der Waals surface area contributed by atoms with E-state index in [0.717, 1.165) is 19.4 Å². The van der Waals surface area contributed by atoms with Crippen LogP contribution in [0.15, 0.2) is 12.7 Å². The van der Waals surface area contributed by atoms with Crippen LogP contribution in [0.25, 0.3) is 0 Å². The SMILES string of the molecule is C=CC(=O)N1CCC[C@@H](NN)C1. The van der Waals surface area contributed by atoms with Crippen LogP contribution in [0.1, 0.15) is 12.8 Å². The second-order valence-electron chi connectivity index (χ2n) is 2.99. The van der Waals surface area contributed by atoms with Gasteiger partial charge in [0.1, 0.15) is 0 Å². The Bertz CT molecular complexity index is 181. The van der Waals surface area contributed by atoms with E-state index in [0.29, 0.717) is 6.54 Å². The van der Waals surface area contributed by atoms with Gasteiger partial charge in [-0.15, -0.1) is 0 Å². The lowest BCUT2D eigenvalue weighted by atomic mass is 10.1. The van der Waals surface area contributed by atoms with E-state index in [4.69, 9.17) is 5.84 Å². The van der Waals surface area contributed by atoms with Crippen LogP contribution in [0.4, 0.5) is 0 Å². The van der Waals surface area contributed by atoms with Crippen LogP contribution in [-0.2, 0) is 4.79 Å². The van der Waals surface area contributed by atoms with Crippen LogP contribution in [-0.4, -0.2) is 29.9 Å². The van der Waals surface area contributed by atoms with Gasteiger partial charge in [-0.1, -0.05) is 6.58 Å². The third kappa shape index (κ3) is 2.06. The maximum Gasteiger partial charge on any atom is 0.246 e. The number of carbonyl (C=O) groups is 1. The Labute approximate surface area is 72.4 Å². The molecule has 1 atom stereocenters. The van der Waals surface area contributed by atoms with Crippen molar-refractivity contribution in [2.75, 3.05) is 13.1 Å². The number of nitrogens with one attached hydrogen (secondary N) is 1. The average Bonchev–Trinajstić information content (AvgIpc) is 2.17. The topological polar surface area (TPSA) is 58.4 Å². The first-order valence-electron chi connectivity index (χ1n) is 4.15. The number of piperidine rings is 1. The molecule has 1 fully saturated rings. The molecule has 1 rings (SSSR count). The Balaban J connectivity index is 2.45. The Kier molecular flexibility index (Phi) is 3.25. The number of hydrazine groups is 1. The van der Waals surface area contributed by atoms with Gasteiger partial charge in [-0.3, -0.25) is 16.1 Å². The van der Waals surface area contributed by atoms with Crippen LogP contribution in [0.2, 0.25) is 0 Å². The van der Waals surface area contributed by atoms with E-state index in [9.17, 15) is 4.79 Å². The molecule has 1 amide bonds. The minimum absolute atomic E-state index is 0.00468. The molecule has 68 valence electrons. The summed E-state index contributed by atoms with van der Waals surface area (Å²) >= 11 is 0. The van der Waals surface area contributed by atoms with Crippen molar-refractivity contribution in [3.8, 4) is 0 Å². The number of likely N-dealkylation sites (tertiary alicyclic amines) is 1. The summed E-state index contributed by atoms with van der Waals surface area (Å²) in [6, 6.07) is 0.239. The van der Waals surface area contributed by atoms with Crippen LogP contribution in [0.3, 0.4) is 0 Å². The highest BCUT2D eigenvalue weighted by atomic mass is 16.2. The second-order valence-corrected chi connectivity index (χ2v) is 2.99. The van der Waals surface area contributed by atoms with E-state index in [2.05, 4.69) is 12.0 Å². The third-order valence-electron chi connectivity index (χ3n) is 2.14. The zero-order valence-corrected chi connectivity index (χ0v) is 7.12. The first-order valence-corrected chi connectivity index (χ1v) is 4.15. The summed E-state index contributed by atoms with van der Waals surface area (Å²) < 4.78 is 0. The van der Waals surface area contributed by atoms with Crippen LogP contribution < -0.4 is 11.3 Å². The molecule has 0 aliphatic carbocycles. The molecule has 0 aromatic rings. The molecule has 0 aromatic carbocycles. The number of hydrogen-bond acceptors (Lipinski definition) is 3. The van der Waals surface area contributed by atoms with Gasteiger partial charge in [0.05, 0.1) is 0 Å². The lowest BCUT2D eigenvalue weighted by molar-refractivity contribution is -0.127. The molecule has 0 aromatic heterocycles. The van der Waals surface area contributed by atoms with E-state index in [1.54, 1.807) is 4.90 Å². The molecule has 4 nitrogen and oxygen atoms in total. The first kappa shape index (κ1) is 9.22. The number of rotatable bonds is 2. The number of carbonyl (C=O) groups excluding carboxylic acids is 1. The summed E-state index contributed by atoms with van der Waals surface area (Å²) in [6.07, 6.45) is 3.39. The zero-order valence-electron chi connectivity index (χ0n) is 7.12. The molecule has 3 N–H and O–H groups in total. The standard InChI is InChI=1S/C8H15N3O/c1-2-8(12)11-5-3-4-7(6-11)10-9/h2,7,10H,1,3-6,9H2/t7-/m1/s1. The largest absolute Gasteiger partial charge is 0.338 e. The third-order valence-corrected chi connectivity index (χ3v) is 2.14. The number of nitrogens with two attached hydrogens (primary N) is 1.